The van der Waals surface area contributed by atoms with Gasteiger partial charge in [-0.1, -0.05) is 42.5 Å². The molecule has 0 radical (unpaired) electrons. The average Bonchev–Trinajstić information content (AvgIpc) is 2.67. The van der Waals surface area contributed by atoms with Crippen molar-refractivity contribution in [1.29, 1.82) is 0 Å². The normalized spacial score (nSPS) is 15.6. The van der Waals surface area contributed by atoms with Crippen LogP contribution in [0, 0.1) is 0 Å². The summed E-state index contributed by atoms with van der Waals surface area (Å²) in [6.45, 7) is 1.07. The molecule has 1 N–H and O–H groups in total. The molecule has 0 aromatic heterocycles. The first-order chi connectivity index (χ1) is 12.6. The molecule has 1 atom stereocenters. The van der Waals surface area contributed by atoms with Gasteiger partial charge in [-0.25, -0.2) is 0 Å². The molecule has 0 bridgehead atoms. The Kier molecular flexibility index (Phi) is 5.41. The Bertz CT molecular complexity index is 779. The van der Waals surface area contributed by atoms with Crippen LogP contribution in [-0.2, 0) is 16.1 Å². The predicted octanol–water partition coefficient (Wildman–Crippen LogP) is 1.66. The SMILES string of the molecule is CNC(=O)[C@@H]1CN(CC(=O)N(C)Cc2ccccc2)c2ccccc2O1. The molecule has 1 aliphatic rings. The van der Waals surface area contributed by atoms with E-state index in [4.69, 9.17) is 4.74 Å². The second kappa shape index (κ2) is 7.91. The number of fused-ring (bicyclic) bond motifs is 1. The molecule has 0 saturated heterocycles. The summed E-state index contributed by atoms with van der Waals surface area (Å²) in [6.07, 6.45) is -0.637. The molecule has 1 heterocycles. The van der Waals surface area contributed by atoms with Crippen molar-refractivity contribution in [1.82, 2.24) is 10.2 Å². The number of nitrogens with zero attached hydrogens (tertiary/aromatic N) is 2. The number of hydrogen-bond acceptors (Lipinski definition) is 4. The lowest BCUT2D eigenvalue weighted by Crippen LogP contribution is -2.50. The first kappa shape index (κ1) is 17.8. The number of hydrogen-bond donors (Lipinski definition) is 1. The van der Waals surface area contributed by atoms with Crippen LogP contribution < -0.4 is 15.0 Å². The van der Waals surface area contributed by atoms with E-state index in [0.717, 1.165) is 11.3 Å². The maximum Gasteiger partial charge on any atom is 0.262 e. The van der Waals surface area contributed by atoms with Crippen LogP contribution in [0.15, 0.2) is 54.6 Å². The summed E-state index contributed by atoms with van der Waals surface area (Å²) < 4.78 is 5.77. The van der Waals surface area contributed by atoms with Gasteiger partial charge in [-0.05, 0) is 17.7 Å². The average molecular weight is 353 g/mol. The van der Waals surface area contributed by atoms with Crippen molar-refractivity contribution in [3.8, 4) is 5.75 Å². The van der Waals surface area contributed by atoms with Gasteiger partial charge in [0.15, 0.2) is 6.10 Å². The first-order valence-electron chi connectivity index (χ1n) is 8.58. The molecule has 3 rings (SSSR count). The Labute approximate surface area is 153 Å². The first-order valence-corrected chi connectivity index (χ1v) is 8.58. The second-order valence-electron chi connectivity index (χ2n) is 6.30. The molecule has 1 aliphatic heterocycles. The summed E-state index contributed by atoms with van der Waals surface area (Å²) >= 11 is 0. The van der Waals surface area contributed by atoms with Gasteiger partial charge < -0.3 is 19.9 Å². The number of para-hydroxylation sites is 2. The molecular weight excluding hydrogens is 330 g/mol. The smallest absolute Gasteiger partial charge is 0.262 e. The van der Waals surface area contributed by atoms with E-state index in [9.17, 15) is 9.59 Å². The van der Waals surface area contributed by atoms with E-state index < -0.39 is 6.10 Å². The van der Waals surface area contributed by atoms with Crippen LogP contribution in [0.1, 0.15) is 5.56 Å². The van der Waals surface area contributed by atoms with Crippen molar-refractivity contribution in [2.75, 3.05) is 32.1 Å². The molecule has 0 spiro atoms. The highest BCUT2D eigenvalue weighted by Gasteiger charge is 2.31. The number of likely N-dealkylation sites (N-methyl/N-ethyl adjacent to an activating group) is 2. The van der Waals surface area contributed by atoms with Gasteiger partial charge in [0.25, 0.3) is 5.91 Å². The van der Waals surface area contributed by atoms with E-state index in [0.29, 0.717) is 18.8 Å². The number of carbonyl (C=O) groups is 2. The van der Waals surface area contributed by atoms with Gasteiger partial charge in [0, 0.05) is 20.6 Å². The number of benzene rings is 2. The van der Waals surface area contributed by atoms with Crippen LogP contribution in [0.2, 0.25) is 0 Å². The lowest BCUT2D eigenvalue weighted by molar-refractivity contribution is -0.130. The van der Waals surface area contributed by atoms with E-state index in [1.165, 1.54) is 0 Å². The van der Waals surface area contributed by atoms with Crippen molar-refractivity contribution in [2.45, 2.75) is 12.6 Å². The van der Waals surface area contributed by atoms with E-state index in [2.05, 4.69) is 5.32 Å². The highest BCUT2D eigenvalue weighted by molar-refractivity contribution is 5.86. The van der Waals surface area contributed by atoms with Crippen molar-refractivity contribution in [3.05, 3.63) is 60.2 Å². The standard InChI is InChI=1S/C20H23N3O3/c1-21-20(25)18-13-23(16-10-6-7-11-17(16)26-18)14-19(24)22(2)12-15-8-4-3-5-9-15/h3-11,18H,12-14H2,1-2H3,(H,21,25)/t18-/m0/s1. The highest BCUT2D eigenvalue weighted by atomic mass is 16.5. The Balaban J connectivity index is 1.72. The van der Waals surface area contributed by atoms with Gasteiger partial charge in [0.1, 0.15) is 5.75 Å². The van der Waals surface area contributed by atoms with Gasteiger partial charge in [0.2, 0.25) is 5.91 Å². The Hall–Kier alpha value is -3.02. The number of amides is 2. The van der Waals surface area contributed by atoms with E-state index in [-0.39, 0.29) is 18.4 Å². The fraction of sp³-hybridized carbons (Fsp3) is 0.300. The Morgan fingerprint density at radius 3 is 2.58 bits per heavy atom. The minimum absolute atomic E-state index is 0.0128. The zero-order valence-corrected chi connectivity index (χ0v) is 15.0. The number of nitrogens with one attached hydrogen (secondary N) is 1. The molecule has 6 heteroatoms. The van der Waals surface area contributed by atoms with Crippen molar-refractivity contribution < 1.29 is 14.3 Å². The molecular formula is C20H23N3O3. The molecule has 2 amide bonds. The van der Waals surface area contributed by atoms with Crippen LogP contribution >= 0.6 is 0 Å². The number of rotatable bonds is 5. The molecule has 2 aromatic carbocycles. The zero-order valence-electron chi connectivity index (χ0n) is 15.0. The number of carbonyl (C=O) groups excluding carboxylic acids is 2. The third-order valence-corrected chi connectivity index (χ3v) is 4.41. The van der Waals surface area contributed by atoms with Crippen molar-refractivity contribution in [3.63, 3.8) is 0 Å². The topological polar surface area (TPSA) is 61.9 Å². The van der Waals surface area contributed by atoms with Crippen molar-refractivity contribution >= 4 is 17.5 Å². The minimum Gasteiger partial charge on any atom is -0.477 e. The summed E-state index contributed by atoms with van der Waals surface area (Å²) in [6, 6.07) is 17.3. The molecule has 0 saturated carbocycles. The maximum absolute atomic E-state index is 12.7. The van der Waals surface area contributed by atoms with Gasteiger partial charge in [-0.15, -0.1) is 0 Å². The van der Waals surface area contributed by atoms with E-state index in [1.807, 2.05) is 59.5 Å². The van der Waals surface area contributed by atoms with Crippen LogP contribution in [-0.4, -0.2) is 50.0 Å². The highest BCUT2D eigenvalue weighted by Crippen LogP contribution is 2.33. The molecule has 6 nitrogen and oxygen atoms in total. The zero-order chi connectivity index (χ0) is 18.5. The van der Waals surface area contributed by atoms with Gasteiger partial charge in [-0.2, -0.15) is 0 Å². The fourth-order valence-corrected chi connectivity index (χ4v) is 2.98. The molecule has 26 heavy (non-hydrogen) atoms. The van der Waals surface area contributed by atoms with Crippen LogP contribution in [0.5, 0.6) is 5.75 Å². The molecule has 0 aliphatic carbocycles. The van der Waals surface area contributed by atoms with Gasteiger partial charge in [0.05, 0.1) is 18.8 Å². The Morgan fingerprint density at radius 2 is 1.85 bits per heavy atom. The van der Waals surface area contributed by atoms with E-state index >= 15 is 0 Å². The summed E-state index contributed by atoms with van der Waals surface area (Å²) in [5.74, 6) is 0.404. The summed E-state index contributed by atoms with van der Waals surface area (Å²) in [4.78, 5) is 28.3. The third-order valence-electron chi connectivity index (χ3n) is 4.41. The lowest BCUT2D eigenvalue weighted by Gasteiger charge is -2.35. The monoisotopic (exact) mass is 353 g/mol. The summed E-state index contributed by atoms with van der Waals surface area (Å²) in [7, 11) is 3.37. The predicted molar refractivity (Wildman–Crippen MR) is 100 cm³/mol. The minimum atomic E-state index is -0.637. The van der Waals surface area contributed by atoms with Crippen LogP contribution in [0.25, 0.3) is 0 Å². The number of anilines is 1. The lowest BCUT2D eigenvalue weighted by atomic mass is 10.1. The van der Waals surface area contributed by atoms with E-state index in [1.54, 1.807) is 19.0 Å². The van der Waals surface area contributed by atoms with Crippen LogP contribution in [0.4, 0.5) is 5.69 Å². The Morgan fingerprint density at radius 1 is 1.15 bits per heavy atom. The maximum atomic E-state index is 12.7. The van der Waals surface area contributed by atoms with Crippen molar-refractivity contribution in [2.24, 2.45) is 0 Å². The number of ether oxygens (including phenoxy) is 1. The van der Waals surface area contributed by atoms with Gasteiger partial charge >= 0.3 is 0 Å². The third kappa shape index (κ3) is 3.96. The molecule has 0 unspecified atom stereocenters. The fourth-order valence-electron chi connectivity index (χ4n) is 2.98. The molecule has 0 fully saturated rings. The second-order valence-corrected chi connectivity index (χ2v) is 6.30. The summed E-state index contributed by atoms with van der Waals surface area (Å²) in [5.41, 5.74) is 1.91. The van der Waals surface area contributed by atoms with Gasteiger partial charge in [-0.3, -0.25) is 9.59 Å². The quantitative estimate of drug-likeness (QED) is 0.888. The largest absolute Gasteiger partial charge is 0.477 e. The summed E-state index contributed by atoms with van der Waals surface area (Å²) in [5, 5.41) is 2.61. The molecule has 2 aromatic rings. The van der Waals surface area contributed by atoms with Crippen LogP contribution in [0.3, 0.4) is 0 Å². The molecule has 136 valence electrons.